The van der Waals surface area contributed by atoms with Crippen LogP contribution < -0.4 is 10.5 Å². The minimum atomic E-state index is -1.03. The Kier molecular flexibility index (Phi) is 4.41. The molecule has 6 rings (SSSR count). The van der Waals surface area contributed by atoms with Crippen LogP contribution in [0.25, 0.3) is 0 Å². The number of ether oxygens (including phenoxy) is 1. The molecule has 5 aliphatic rings. The predicted molar refractivity (Wildman–Crippen MR) is 100 cm³/mol. The Morgan fingerprint density at radius 1 is 1.23 bits per heavy atom. The Hall–Kier alpha value is -2.45. The summed E-state index contributed by atoms with van der Waals surface area (Å²) in [7, 11) is 0. The molecule has 3 N–H and O–H groups in total. The summed E-state index contributed by atoms with van der Waals surface area (Å²) in [6.07, 6.45) is 3.80. The van der Waals surface area contributed by atoms with Crippen LogP contribution in [0.2, 0.25) is 0 Å². The molecule has 7 atom stereocenters. The number of carbonyl (C=O) groups is 2. The zero-order chi connectivity index (χ0) is 21.2. The van der Waals surface area contributed by atoms with E-state index in [1.54, 1.807) is 0 Å². The maximum Gasteiger partial charge on any atom is 0.407 e. The van der Waals surface area contributed by atoms with Crippen molar-refractivity contribution >= 4 is 12.0 Å². The van der Waals surface area contributed by atoms with Crippen LogP contribution in [0.15, 0.2) is 12.3 Å². The lowest BCUT2D eigenvalue weighted by atomic mass is 9.44. The zero-order valence-electron chi connectivity index (χ0n) is 16.5. The first-order chi connectivity index (χ1) is 14.3. The van der Waals surface area contributed by atoms with E-state index in [2.05, 4.69) is 4.98 Å². The number of hydrogen-bond acceptors (Lipinski definition) is 4. The highest BCUT2D eigenvalue weighted by molar-refractivity contribution is 5.81. The largest absolute Gasteiger partial charge is 0.470 e. The SMILES string of the molecule is NC(=O)[C@]12CC3CC(C1)C(C1[C@H](Oc4ncc(F)cc4F)CCN1C(=O)O)[C@@H](C3)C2. The monoisotopic (exact) mass is 421 g/mol. The number of hydrogen-bond donors (Lipinski definition) is 2. The zero-order valence-corrected chi connectivity index (χ0v) is 16.5. The van der Waals surface area contributed by atoms with E-state index in [9.17, 15) is 23.5 Å². The average Bonchev–Trinajstić information content (AvgIpc) is 3.07. The number of pyridine rings is 1. The molecule has 2 heterocycles. The molecule has 4 unspecified atom stereocenters. The lowest BCUT2D eigenvalue weighted by Crippen LogP contribution is -2.61. The second-order valence-corrected chi connectivity index (χ2v) is 9.54. The second-order valence-electron chi connectivity index (χ2n) is 9.54. The van der Waals surface area contributed by atoms with Crippen LogP contribution in [0.5, 0.6) is 5.88 Å². The second kappa shape index (κ2) is 6.78. The highest BCUT2D eigenvalue weighted by Gasteiger charge is 2.61. The summed E-state index contributed by atoms with van der Waals surface area (Å²) in [4.78, 5) is 29.3. The van der Waals surface area contributed by atoms with Crippen LogP contribution in [0.1, 0.15) is 38.5 Å². The third-order valence-corrected chi connectivity index (χ3v) is 7.94. The Balaban J connectivity index is 1.45. The molecule has 0 aromatic carbocycles. The van der Waals surface area contributed by atoms with Gasteiger partial charge in [0.25, 0.3) is 5.88 Å². The van der Waals surface area contributed by atoms with Crippen molar-refractivity contribution in [3.05, 3.63) is 23.9 Å². The molecule has 30 heavy (non-hydrogen) atoms. The third-order valence-electron chi connectivity index (χ3n) is 7.94. The number of likely N-dealkylation sites (tertiary alicyclic amines) is 1. The van der Waals surface area contributed by atoms with Crippen LogP contribution in [0.3, 0.4) is 0 Å². The molecular weight excluding hydrogens is 396 g/mol. The quantitative estimate of drug-likeness (QED) is 0.778. The van der Waals surface area contributed by atoms with Gasteiger partial charge in [-0.2, -0.15) is 0 Å². The van der Waals surface area contributed by atoms with E-state index in [1.807, 2.05) is 0 Å². The molecule has 1 aromatic rings. The summed E-state index contributed by atoms with van der Waals surface area (Å²) < 4.78 is 33.2. The van der Waals surface area contributed by atoms with Gasteiger partial charge in [0.05, 0.1) is 12.2 Å². The van der Waals surface area contributed by atoms with E-state index in [4.69, 9.17) is 10.5 Å². The number of carboxylic acid groups (broad SMARTS) is 1. The Bertz CT molecular complexity index is 881. The van der Waals surface area contributed by atoms with E-state index in [-0.39, 0.29) is 36.1 Å². The van der Waals surface area contributed by atoms with Gasteiger partial charge in [0, 0.05) is 24.4 Å². The van der Waals surface area contributed by atoms with Gasteiger partial charge >= 0.3 is 6.09 Å². The Labute approximate surface area is 172 Å². The number of nitrogens with zero attached hydrogens (tertiary/aromatic N) is 2. The van der Waals surface area contributed by atoms with Gasteiger partial charge in [-0.05, 0) is 55.8 Å². The van der Waals surface area contributed by atoms with Crippen molar-refractivity contribution < 1.29 is 28.2 Å². The lowest BCUT2D eigenvalue weighted by Gasteiger charge is -2.60. The van der Waals surface area contributed by atoms with Crippen molar-refractivity contribution in [3.8, 4) is 5.88 Å². The Morgan fingerprint density at radius 2 is 1.93 bits per heavy atom. The summed E-state index contributed by atoms with van der Waals surface area (Å²) in [6.45, 7) is 0.286. The smallest absolute Gasteiger partial charge is 0.407 e. The molecule has 162 valence electrons. The maximum atomic E-state index is 14.1. The molecule has 0 radical (unpaired) electrons. The molecule has 1 aliphatic heterocycles. The lowest BCUT2D eigenvalue weighted by molar-refractivity contribution is -0.156. The first kappa shape index (κ1) is 19.5. The fraction of sp³-hybridized carbons (Fsp3) is 0.667. The van der Waals surface area contributed by atoms with Gasteiger partial charge in [-0.15, -0.1) is 0 Å². The molecule has 1 saturated heterocycles. The number of nitrogens with two attached hydrogens (primary N) is 1. The van der Waals surface area contributed by atoms with Crippen LogP contribution in [0.4, 0.5) is 13.6 Å². The van der Waals surface area contributed by atoms with E-state index >= 15 is 0 Å². The standard InChI is InChI=1S/C21H25F2N3O4/c22-13-5-14(23)18(25-9-13)30-15-1-2-26(20(28)29)17(15)16-11-3-10-4-12(16)8-21(6-10,7-11)19(24)27/h5,9-12,15-17H,1-4,6-8H2,(H2,24,27)(H,28,29)/t10?,11-,12?,15+,16?,17?,21-/m0/s1. The van der Waals surface area contributed by atoms with Gasteiger partial charge in [0.1, 0.15) is 11.9 Å². The van der Waals surface area contributed by atoms with Crippen LogP contribution in [-0.4, -0.2) is 45.7 Å². The third kappa shape index (κ3) is 2.93. The minimum Gasteiger partial charge on any atom is -0.470 e. The summed E-state index contributed by atoms with van der Waals surface area (Å²) in [5.74, 6) is -1.41. The maximum absolute atomic E-state index is 14.1. The van der Waals surface area contributed by atoms with Crippen molar-refractivity contribution in [1.82, 2.24) is 9.88 Å². The summed E-state index contributed by atoms with van der Waals surface area (Å²) in [5.41, 5.74) is 5.30. The summed E-state index contributed by atoms with van der Waals surface area (Å²) in [5, 5.41) is 9.81. The number of carbonyl (C=O) groups excluding carboxylic acids is 1. The van der Waals surface area contributed by atoms with Crippen molar-refractivity contribution in [1.29, 1.82) is 0 Å². The fourth-order valence-electron chi connectivity index (χ4n) is 7.15. The summed E-state index contributed by atoms with van der Waals surface area (Å²) in [6, 6.07) is 0.259. The molecule has 9 heteroatoms. The van der Waals surface area contributed by atoms with E-state index in [0.717, 1.165) is 25.5 Å². The summed E-state index contributed by atoms with van der Waals surface area (Å²) >= 11 is 0. The predicted octanol–water partition coefficient (Wildman–Crippen LogP) is 2.79. The molecule has 0 spiro atoms. The molecule has 4 bridgehead atoms. The highest BCUT2D eigenvalue weighted by Crippen LogP contribution is 2.63. The van der Waals surface area contributed by atoms with Crippen molar-refractivity contribution in [3.63, 3.8) is 0 Å². The van der Waals surface area contributed by atoms with Crippen LogP contribution in [-0.2, 0) is 4.79 Å². The molecule has 1 aromatic heterocycles. The number of rotatable bonds is 4. The van der Waals surface area contributed by atoms with Crippen molar-refractivity contribution in [2.45, 2.75) is 50.7 Å². The van der Waals surface area contributed by atoms with Gasteiger partial charge < -0.3 is 20.5 Å². The van der Waals surface area contributed by atoms with Gasteiger partial charge in [0.15, 0.2) is 5.82 Å². The Morgan fingerprint density at radius 3 is 2.53 bits per heavy atom. The molecule has 5 fully saturated rings. The normalized spacial score (nSPS) is 39.3. The number of halogens is 2. The molecule has 2 amide bonds. The van der Waals surface area contributed by atoms with Crippen LogP contribution in [0, 0.1) is 40.7 Å². The first-order valence-electron chi connectivity index (χ1n) is 10.5. The van der Waals surface area contributed by atoms with E-state index in [0.29, 0.717) is 31.2 Å². The molecule has 4 aliphatic carbocycles. The number of amides is 2. The molecular formula is C21H25F2N3O4. The minimum absolute atomic E-state index is 0.0288. The van der Waals surface area contributed by atoms with Crippen molar-refractivity contribution in [2.75, 3.05) is 6.54 Å². The van der Waals surface area contributed by atoms with Crippen LogP contribution >= 0.6 is 0 Å². The van der Waals surface area contributed by atoms with E-state index < -0.39 is 35.3 Å². The van der Waals surface area contributed by atoms with Crippen molar-refractivity contribution in [2.24, 2.45) is 34.8 Å². The highest BCUT2D eigenvalue weighted by atomic mass is 19.1. The van der Waals surface area contributed by atoms with Gasteiger partial charge in [-0.3, -0.25) is 4.79 Å². The fourth-order valence-corrected chi connectivity index (χ4v) is 7.15. The van der Waals surface area contributed by atoms with Gasteiger partial charge in [-0.1, -0.05) is 0 Å². The number of aromatic nitrogens is 1. The molecule has 4 saturated carbocycles. The van der Waals surface area contributed by atoms with Gasteiger partial charge in [0.2, 0.25) is 5.91 Å². The first-order valence-corrected chi connectivity index (χ1v) is 10.5. The van der Waals surface area contributed by atoms with E-state index in [1.165, 1.54) is 4.90 Å². The average molecular weight is 421 g/mol. The molecule has 7 nitrogen and oxygen atoms in total. The topological polar surface area (TPSA) is 106 Å². The van der Waals surface area contributed by atoms with Gasteiger partial charge in [-0.25, -0.2) is 18.6 Å². The number of primary amides is 1.